The molecule has 1 fully saturated rings. The van der Waals surface area contributed by atoms with E-state index in [1.165, 1.54) is 35.0 Å². The first kappa shape index (κ1) is 18.4. The number of likely N-dealkylation sites (tertiary alicyclic amines) is 1. The highest BCUT2D eigenvalue weighted by Gasteiger charge is 2.23. The van der Waals surface area contributed by atoms with Crippen LogP contribution in [-0.4, -0.2) is 28.0 Å². The highest BCUT2D eigenvalue weighted by Crippen LogP contribution is 2.32. The van der Waals surface area contributed by atoms with E-state index < -0.39 is 0 Å². The minimum atomic E-state index is 0.587. The fraction of sp³-hybridized carbons (Fsp3) is 0.292. The van der Waals surface area contributed by atoms with Crippen molar-refractivity contribution in [1.82, 2.24) is 14.9 Å². The number of benzene rings is 2. The number of aromatic amines is 1. The molecule has 0 aliphatic carbocycles. The highest BCUT2D eigenvalue weighted by molar-refractivity contribution is 7.07. The van der Waals surface area contributed by atoms with Gasteiger partial charge < -0.3 is 9.72 Å². The van der Waals surface area contributed by atoms with Gasteiger partial charge in [-0.25, -0.2) is 4.98 Å². The summed E-state index contributed by atoms with van der Waals surface area (Å²) in [5, 5.41) is 3.42. The molecule has 2 aromatic carbocycles. The van der Waals surface area contributed by atoms with E-state index in [0.29, 0.717) is 12.5 Å². The molecule has 148 valence electrons. The number of H-pyrrole nitrogens is 1. The van der Waals surface area contributed by atoms with Gasteiger partial charge in [-0.2, -0.15) is 0 Å². The van der Waals surface area contributed by atoms with E-state index in [1.807, 2.05) is 11.6 Å². The van der Waals surface area contributed by atoms with E-state index in [-0.39, 0.29) is 0 Å². The number of ether oxygens (including phenoxy) is 1. The van der Waals surface area contributed by atoms with Gasteiger partial charge in [0.1, 0.15) is 12.4 Å². The van der Waals surface area contributed by atoms with Crippen molar-refractivity contribution in [3.05, 3.63) is 82.4 Å². The van der Waals surface area contributed by atoms with Crippen LogP contribution in [0.3, 0.4) is 0 Å². The number of hydrogen-bond acceptors (Lipinski definition) is 4. The number of thiazole rings is 1. The normalized spacial score (nSPS) is 15.7. The maximum atomic E-state index is 6.21. The third kappa shape index (κ3) is 4.07. The molecular weight excluding hydrogens is 378 g/mol. The monoisotopic (exact) mass is 403 g/mol. The molecule has 5 rings (SSSR count). The smallest absolute Gasteiger partial charge is 0.129 e. The van der Waals surface area contributed by atoms with Gasteiger partial charge in [0.2, 0.25) is 0 Å². The van der Waals surface area contributed by atoms with Crippen molar-refractivity contribution in [2.24, 2.45) is 0 Å². The summed E-state index contributed by atoms with van der Waals surface area (Å²) in [4.78, 5) is 10.5. The highest BCUT2D eigenvalue weighted by atomic mass is 32.1. The zero-order valence-corrected chi connectivity index (χ0v) is 17.2. The lowest BCUT2D eigenvalue weighted by Gasteiger charge is -2.31. The Kier molecular flexibility index (Phi) is 5.33. The maximum Gasteiger partial charge on any atom is 0.129 e. The Bertz CT molecular complexity index is 1050. The van der Waals surface area contributed by atoms with Gasteiger partial charge in [-0.3, -0.25) is 4.90 Å². The topological polar surface area (TPSA) is 41.1 Å². The van der Waals surface area contributed by atoms with Crippen LogP contribution in [0.25, 0.3) is 10.9 Å². The fourth-order valence-corrected chi connectivity index (χ4v) is 4.89. The molecule has 4 aromatic rings. The Morgan fingerprint density at radius 1 is 1.07 bits per heavy atom. The third-order valence-electron chi connectivity index (χ3n) is 5.84. The summed E-state index contributed by atoms with van der Waals surface area (Å²) < 4.78 is 6.21. The second kappa shape index (κ2) is 8.39. The van der Waals surface area contributed by atoms with Crippen LogP contribution in [0.15, 0.2) is 65.6 Å². The van der Waals surface area contributed by atoms with Crippen LogP contribution in [0.5, 0.6) is 5.75 Å². The molecule has 5 heteroatoms. The Hall–Kier alpha value is -2.63. The number of nitrogens with one attached hydrogen (secondary N) is 1. The minimum Gasteiger partial charge on any atom is -0.488 e. The summed E-state index contributed by atoms with van der Waals surface area (Å²) in [6, 6.07) is 16.6. The summed E-state index contributed by atoms with van der Waals surface area (Å²) in [5.74, 6) is 1.57. The molecule has 0 radical (unpaired) electrons. The van der Waals surface area contributed by atoms with Gasteiger partial charge in [-0.1, -0.05) is 36.4 Å². The van der Waals surface area contributed by atoms with E-state index in [4.69, 9.17) is 4.74 Å². The lowest BCUT2D eigenvalue weighted by molar-refractivity contribution is 0.204. The van der Waals surface area contributed by atoms with Crippen molar-refractivity contribution in [3.8, 4) is 5.75 Å². The summed E-state index contributed by atoms with van der Waals surface area (Å²) >= 11 is 1.70. The lowest BCUT2D eigenvalue weighted by atomic mass is 9.94. The molecule has 1 saturated heterocycles. The third-order valence-corrected chi connectivity index (χ3v) is 6.44. The van der Waals surface area contributed by atoms with Crippen molar-refractivity contribution < 1.29 is 4.74 Å². The first-order chi connectivity index (χ1) is 14.4. The zero-order valence-electron chi connectivity index (χ0n) is 16.4. The molecule has 3 heterocycles. The largest absolute Gasteiger partial charge is 0.488 e. The van der Waals surface area contributed by atoms with Crippen molar-refractivity contribution >= 4 is 22.2 Å². The molecule has 0 atom stereocenters. The van der Waals surface area contributed by atoms with Gasteiger partial charge in [-0.15, -0.1) is 11.3 Å². The summed E-state index contributed by atoms with van der Waals surface area (Å²) in [5.41, 5.74) is 6.87. The maximum absolute atomic E-state index is 6.21. The molecule has 0 unspecified atom stereocenters. The van der Waals surface area contributed by atoms with E-state index in [2.05, 4.69) is 68.9 Å². The van der Waals surface area contributed by atoms with Crippen molar-refractivity contribution in [2.75, 3.05) is 13.1 Å². The second-order valence-electron chi connectivity index (χ2n) is 7.73. The molecule has 4 nitrogen and oxygen atoms in total. The Labute approximate surface area is 175 Å². The number of rotatable bonds is 6. The number of hydrogen-bond donors (Lipinski definition) is 1. The second-order valence-corrected chi connectivity index (χ2v) is 8.45. The molecular formula is C24H25N3OS. The Morgan fingerprint density at radius 3 is 2.72 bits per heavy atom. The van der Waals surface area contributed by atoms with Crippen molar-refractivity contribution in [1.29, 1.82) is 0 Å². The van der Waals surface area contributed by atoms with E-state index in [9.17, 15) is 0 Å². The van der Waals surface area contributed by atoms with Gasteiger partial charge >= 0.3 is 0 Å². The number of nitrogens with zero attached hydrogens (tertiary/aromatic N) is 2. The molecule has 1 aliphatic rings. The van der Waals surface area contributed by atoms with Gasteiger partial charge in [0, 0.05) is 34.9 Å². The number of aromatic nitrogens is 2. The Morgan fingerprint density at radius 2 is 1.93 bits per heavy atom. The predicted molar refractivity (Wildman–Crippen MR) is 118 cm³/mol. The average Bonchev–Trinajstić information content (AvgIpc) is 3.45. The molecule has 0 saturated carbocycles. The van der Waals surface area contributed by atoms with Crippen LogP contribution in [0, 0.1) is 0 Å². The summed E-state index contributed by atoms with van der Waals surface area (Å²) in [6.07, 6.45) is 4.51. The molecule has 0 amide bonds. The zero-order chi connectivity index (χ0) is 19.5. The van der Waals surface area contributed by atoms with E-state index >= 15 is 0 Å². The first-order valence-corrected chi connectivity index (χ1v) is 11.2. The minimum absolute atomic E-state index is 0.587. The van der Waals surface area contributed by atoms with Gasteiger partial charge in [0.15, 0.2) is 0 Å². The number of piperidine rings is 1. The molecule has 0 bridgehead atoms. The Balaban J connectivity index is 1.29. The average molecular weight is 404 g/mol. The van der Waals surface area contributed by atoms with Crippen LogP contribution in [-0.2, 0) is 13.2 Å². The molecule has 0 spiro atoms. The molecule has 1 aliphatic heterocycles. The molecule has 2 aromatic heterocycles. The van der Waals surface area contributed by atoms with E-state index in [1.54, 1.807) is 11.3 Å². The van der Waals surface area contributed by atoms with Gasteiger partial charge in [0.25, 0.3) is 0 Å². The molecule has 1 N–H and O–H groups in total. The first-order valence-electron chi connectivity index (χ1n) is 10.2. The quantitative estimate of drug-likeness (QED) is 0.457. The summed E-state index contributed by atoms with van der Waals surface area (Å²) in [6.45, 7) is 3.77. The lowest BCUT2D eigenvalue weighted by Crippen LogP contribution is -2.32. The van der Waals surface area contributed by atoms with Crippen LogP contribution in [0.2, 0.25) is 0 Å². The van der Waals surface area contributed by atoms with E-state index in [0.717, 1.165) is 30.9 Å². The van der Waals surface area contributed by atoms with Crippen molar-refractivity contribution in [2.45, 2.75) is 31.9 Å². The number of fused-ring (bicyclic) bond motifs is 1. The molecule has 29 heavy (non-hydrogen) atoms. The van der Waals surface area contributed by atoms with Crippen LogP contribution in [0.1, 0.15) is 35.6 Å². The SMILES string of the molecule is c1ccc(COc2cccc3[nH]cc(CN4CCC(c5cscn5)CC4)c23)cc1. The van der Waals surface area contributed by atoms with Crippen LogP contribution >= 0.6 is 11.3 Å². The van der Waals surface area contributed by atoms with Crippen LogP contribution in [0.4, 0.5) is 0 Å². The van der Waals surface area contributed by atoms with Crippen molar-refractivity contribution in [3.63, 3.8) is 0 Å². The van der Waals surface area contributed by atoms with Gasteiger partial charge in [0.05, 0.1) is 11.2 Å². The summed E-state index contributed by atoms with van der Waals surface area (Å²) in [7, 11) is 0. The van der Waals surface area contributed by atoms with Crippen LogP contribution < -0.4 is 4.74 Å². The fourth-order valence-electron chi connectivity index (χ4n) is 4.25. The van der Waals surface area contributed by atoms with Gasteiger partial charge in [-0.05, 0) is 49.2 Å². The standard InChI is InChI=1S/C24H25N3OS/c1-2-5-18(6-3-1)15-28-23-8-4-7-21-24(23)20(13-25-21)14-27-11-9-19(10-12-27)22-16-29-17-26-22/h1-8,13,16-17,19,25H,9-12,14-15H2. The predicted octanol–water partition coefficient (Wildman–Crippen LogP) is 5.58.